The standard InChI is InChI=1S/C10H19NO2/c1-9(2,3)8(12)11-7-6-10(7,4)13-5/h7H,6H2,1-5H3,(H,11,12)/t7-,10+/m1/s1. The third-order valence-corrected chi connectivity index (χ3v) is 2.64. The average Bonchev–Trinajstić information content (AvgIpc) is 2.61. The van der Waals surface area contributed by atoms with Gasteiger partial charge in [0.15, 0.2) is 0 Å². The van der Waals surface area contributed by atoms with Gasteiger partial charge >= 0.3 is 0 Å². The fourth-order valence-electron chi connectivity index (χ4n) is 1.15. The summed E-state index contributed by atoms with van der Waals surface area (Å²) < 4.78 is 5.26. The lowest BCUT2D eigenvalue weighted by Crippen LogP contribution is -2.39. The highest BCUT2D eigenvalue weighted by atomic mass is 16.5. The lowest BCUT2D eigenvalue weighted by Gasteiger charge is -2.18. The molecule has 0 bridgehead atoms. The minimum Gasteiger partial charge on any atom is -0.376 e. The van der Waals surface area contributed by atoms with Gasteiger partial charge in [-0.1, -0.05) is 20.8 Å². The number of carbonyl (C=O) groups excluding carboxylic acids is 1. The molecule has 0 aliphatic heterocycles. The zero-order chi connectivity index (χ0) is 10.3. The minimum atomic E-state index is -0.308. The Kier molecular flexibility index (Phi) is 2.41. The topological polar surface area (TPSA) is 38.3 Å². The molecular weight excluding hydrogens is 166 g/mol. The van der Waals surface area contributed by atoms with Gasteiger partial charge in [0.1, 0.15) is 0 Å². The number of amides is 1. The predicted molar refractivity (Wildman–Crippen MR) is 51.4 cm³/mol. The molecular formula is C10H19NO2. The summed E-state index contributed by atoms with van der Waals surface area (Å²) in [7, 11) is 1.68. The maximum atomic E-state index is 11.6. The third-order valence-electron chi connectivity index (χ3n) is 2.64. The summed E-state index contributed by atoms with van der Waals surface area (Å²) in [5, 5.41) is 2.97. The highest BCUT2D eigenvalue weighted by Gasteiger charge is 2.52. The Balaban J connectivity index is 2.41. The maximum absolute atomic E-state index is 11.6. The Labute approximate surface area is 79.8 Å². The second-order valence-electron chi connectivity index (χ2n) is 5.00. The molecule has 1 N–H and O–H groups in total. The summed E-state index contributed by atoms with van der Waals surface area (Å²) in [6.45, 7) is 7.75. The lowest BCUT2D eigenvalue weighted by atomic mass is 9.96. The molecule has 13 heavy (non-hydrogen) atoms. The van der Waals surface area contributed by atoms with Crippen LogP contribution in [0, 0.1) is 5.41 Å². The molecule has 1 fully saturated rings. The van der Waals surface area contributed by atoms with Crippen molar-refractivity contribution in [3.05, 3.63) is 0 Å². The zero-order valence-electron chi connectivity index (χ0n) is 9.10. The SMILES string of the molecule is CO[C@@]1(C)C[C@H]1NC(=O)C(C)(C)C. The number of rotatable bonds is 2. The van der Waals surface area contributed by atoms with Gasteiger partial charge in [-0.2, -0.15) is 0 Å². The van der Waals surface area contributed by atoms with E-state index in [1.807, 2.05) is 27.7 Å². The molecule has 0 radical (unpaired) electrons. The van der Waals surface area contributed by atoms with Gasteiger partial charge in [0.05, 0.1) is 11.6 Å². The van der Waals surface area contributed by atoms with Gasteiger partial charge in [-0.25, -0.2) is 0 Å². The Hall–Kier alpha value is -0.570. The van der Waals surface area contributed by atoms with Gasteiger partial charge in [0.2, 0.25) is 5.91 Å². The van der Waals surface area contributed by atoms with Crippen molar-refractivity contribution in [2.75, 3.05) is 7.11 Å². The molecule has 3 nitrogen and oxygen atoms in total. The summed E-state index contributed by atoms with van der Waals surface area (Å²) >= 11 is 0. The molecule has 1 amide bonds. The molecule has 76 valence electrons. The summed E-state index contributed by atoms with van der Waals surface area (Å²) in [5.41, 5.74) is -0.432. The average molecular weight is 185 g/mol. The summed E-state index contributed by atoms with van der Waals surface area (Å²) in [4.78, 5) is 11.6. The van der Waals surface area contributed by atoms with Crippen LogP contribution in [0.3, 0.4) is 0 Å². The van der Waals surface area contributed by atoms with Gasteiger partial charge in [0, 0.05) is 18.9 Å². The number of methoxy groups -OCH3 is 1. The number of ether oxygens (including phenoxy) is 1. The Morgan fingerprint density at radius 2 is 2.08 bits per heavy atom. The molecule has 1 aliphatic carbocycles. The first-order chi connectivity index (χ1) is 5.79. The van der Waals surface area contributed by atoms with Crippen LogP contribution in [-0.4, -0.2) is 24.7 Å². The van der Waals surface area contributed by atoms with E-state index in [1.165, 1.54) is 0 Å². The highest BCUT2D eigenvalue weighted by molar-refractivity contribution is 5.82. The van der Waals surface area contributed by atoms with Gasteiger partial charge < -0.3 is 10.1 Å². The molecule has 2 atom stereocenters. The van der Waals surface area contributed by atoms with Gasteiger partial charge in [-0.15, -0.1) is 0 Å². The predicted octanol–water partition coefficient (Wildman–Crippen LogP) is 1.33. The van der Waals surface area contributed by atoms with E-state index in [2.05, 4.69) is 5.32 Å². The molecule has 0 unspecified atom stereocenters. The van der Waals surface area contributed by atoms with E-state index < -0.39 is 0 Å². The van der Waals surface area contributed by atoms with Crippen LogP contribution in [0.2, 0.25) is 0 Å². The fourth-order valence-corrected chi connectivity index (χ4v) is 1.15. The number of hydrogen-bond donors (Lipinski definition) is 1. The first kappa shape index (κ1) is 10.5. The summed E-state index contributed by atoms with van der Waals surface area (Å²) in [5.74, 6) is 0.0956. The molecule has 3 heteroatoms. The van der Waals surface area contributed by atoms with Crippen molar-refractivity contribution in [3.63, 3.8) is 0 Å². The lowest BCUT2D eigenvalue weighted by molar-refractivity contribution is -0.129. The Morgan fingerprint density at radius 1 is 1.54 bits per heavy atom. The molecule has 0 heterocycles. The second-order valence-corrected chi connectivity index (χ2v) is 5.00. The van der Waals surface area contributed by atoms with Crippen molar-refractivity contribution >= 4 is 5.91 Å². The van der Waals surface area contributed by atoms with E-state index in [9.17, 15) is 4.79 Å². The van der Waals surface area contributed by atoms with Crippen LogP contribution in [0.5, 0.6) is 0 Å². The molecule has 0 aromatic carbocycles. The van der Waals surface area contributed by atoms with Crippen LogP contribution >= 0.6 is 0 Å². The van der Waals surface area contributed by atoms with Gasteiger partial charge in [-0.3, -0.25) is 4.79 Å². The number of hydrogen-bond acceptors (Lipinski definition) is 2. The van der Waals surface area contributed by atoms with Crippen molar-refractivity contribution in [2.24, 2.45) is 5.41 Å². The fraction of sp³-hybridized carbons (Fsp3) is 0.900. The molecule has 0 aromatic heterocycles. The van der Waals surface area contributed by atoms with E-state index in [-0.39, 0.29) is 23.0 Å². The first-order valence-corrected chi connectivity index (χ1v) is 4.66. The van der Waals surface area contributed by atoms with E-state index in [0.29, 0.717) is 0 Å². The van der Waals surface area contributed by atoms with E-state index >= 15 is 0 Å². The minimum absolute atomic E-state index is 0.0956. The molecule has 0 aromatic rings. The normalized spacial score (nSPS) is 32.8. The van der Waals surface area contributed by atoms with Crippen molar-refractivity contribution in [2.45, 2.75) is 45.8 Å². The smallest absolute Gasteiger partial charge is 0.225 e. The van der Waals surface area contributed by atoms with Crippen LogP contribution < -0.4 is 5.32 Å². The monoisotopic (exact) mass is 185 g/mol. The van der Waals surface area contributed by atoms with Crippen LogP contribution in [-0.2, 0) is 9.53 Å². The Bertz CT molecular complexity index is 219. The maximum Gasteiger partial charge on any atom is 0.225 e. The van der Waals surface area contributed by atoms with Crippen molar-refractivity contribution in [3.8, 4) is 0 Å². The van der Waals surface area contributed by atoms with E-state index in [1.54, 1.807) is 7.11 Å². The van der Waals surface area contributed by atoms with Gasteiger partial charge in [0.25, 0.3) is 0 Å². The van der Waals surface area contributed by atoms with Crippen LogP contribution in [0.25, 0.3) is 0 Å². The molecule has 1 aliphatic rings. The van der Waals surface area contributed by atoms with Crippen LogP contribution in [0.1, 0.15) is 34.1 Å². The molecule has 1 rings (SSSR count). The van der Waals surface area contributed by atoms with Gasteiger partial charge in [-0.05, 0) is 6.92 Å². The summed E-state index contributed by atoms with van der Waals surface area (Å²) in [6, 6.07) is 0.198. The largest absolute Gasteiger partial charge is 0.376 e. The highest BCUT2D eigenvalue weighted by Crippen LogP contribution is 2.39. The van der Waals surface area contributed by atoms with Crippen LogP contribution in [0.4, 0.5) is 0 Å². The summed E-state index contributed by atoms with van der Waals surface area (Å²) in [6.07, 6.45) is 0.922. The molecule has 0 saturated heterocycles. The molecule has 1 saturated carbocycles. The first-order valence-electron chi connectivity index (χ1n) is 4.66. The van der Waals surface area contributed by atoms with Crippen LogP contribution in [0.15, 0.2) is 0 Å². The van der Waals surface area contributed by atoms with Crippen molar-refractivity contribution in [1.82, 2.24) is 5.32 Å². The van der Waals surface area contributed by atoms with Crippen molar-refractivity contribution < 1.29 is 9.53 Å². The van der Waals surface area contributed by atoms with E-state index in [0.717, 1.165) is 6.42 Å². The van der Waals surface area contributed by atoms with E-state index in [4.69, 9.17) is 4.74 Å². The number of nitrogens with one attached hydrogen (secondary N) is 1. The quantitative estimate of drug-likeness (QED) is 0.704. The Morgan fingerprint density at radius 3 is 2.38 bits per heavy atom. The third kappa shape index (κ3) is 2.21. The molecule has 0 spiro atoms. The van der Waals surface area contributed by atoms with Crippen molar-refractivity contribution in [1.29, 1.82) is 0 Å². The second kappa shape index (κ2) is 2.98. The number of carbonyl (C=O) groups is 1. The zero-order valence-corrected chi connectivity index (χ0v) is 9.10.